The number of likely N-dealkylation sites (tertiary alicyclic amines) is 1. The van der Waals surface area contributed by atoms with Crippen molar-refractivity contribution in [2.24, 2.45) is 5.92 Å². The van der Waals surface area contributed by atoms with E-state index < -0.39 is 0 Å². The number of fused-ring (bicyclic) bond motifs is 1. The molecule has 128 valence electrons. The lowest BCUT2D eigenvalue weighted by atomic mass is 10.1. The number of aromatic nitrogens is 2. The van der Waals surface area contributed by atoms with Gasteiger partial charge in [-0.05, 0) is 28.0 Å². The van der Waals surface area contributed by atoms with Gasteiger partial charge in [-0.1, -0.05) is 6.07 Å². The van der Waals surface area contributed by atoms with Gasteiger partial charge in [-0.25, -0.2) is 4.63 Å². The molecule has 0 radical (unpaired) electrons. The predicted molar refractivity (Wildman–Crippen MR) is 84.8 cm³/mol. The summed E-state index contributed by atoms with van der Waals surface area (Å²) in [7, 11) is 3.34. The molecule has 2 amide bonds. The Morgan fingerprint density at radius 1 is 1.42 bits per heavy atom. The maximum absolute atomic E-state index is 12.6. The van der Waals surface area contributed by atoms with Gasteiger partial charge in [0.2, 0.25) is 11.8 Å². The van der Waals surface area contributed by atoms with Crippen LogP contribution in [0.2, 0.25) is 0 Å². The number of carbonyl (C=O) groups is 2. The fourth-order valence-electron chi connectivity index (χ4n) is 2.94. The number of rotatable bonds is 6. The first-order chi connectivity index (χ1) is 11.6. The molecule has 0 spiro atoms. The Hall–Kier alpha value is -2.48. The van der Waals surface area contributed by atoms with Crippen molar-refractivity contribution in [2.75, 3.05) is 33.9 Å². The molecule has 3 rings (SSSR count). The molecule has 1 saturated heterocycles. The van der Waals surface area contributed by atoms with Gasteiger partial charge >= 0.3 is 0 Å². The number of nitrogens with zero attached hydrogens (tertiary/aromatic N) is 4. The maximum atomic E-state index is 12.6. The minimum atomic E-state index is -0.295. The van der Waals surface area contributed by atoms with E-state index in [0.29, 0.717) is 37.3 Å². The van der Waals surface area contributed by atoms with E-state index >= 15 is 0 Å². The third-order valence-corrected chi connectivity index (χ3v) is 4.24. The van der Waals surface area contributed by atoms with Crippen molar-refractivity contribution in [2.45, 2.75) is 13.0 Å². The molecule has 1 aromatic carbocycles. The molecule has 0 aliphatic carbocycles. The van der Waals surface area contributed by atoms with E-state index in [1.807, 2.05) is 18.2 Å². The first kappa shape index (κ1) is 16.4. The minimum Gasteiger partial charge on any atom is -0.383 e. The summed E-state index contributed by atoms with van der Waals surface area (Å²) < 4.78 is 9.67. The molecule has 8 heteroatoms. The largest absolute Gasteiger partial charge is 0.383 e. The number of carbonyl (C=O) groups excluding carboxylic acids is 2. The summed E-state index contributed by atoms with van der Waals surface area (Å²) in [6.07, 6.45) is 0.263. The molecule has 0 unspecified atom stereocenters. The molecule has 0 bridgehead atoms. The van der Waals surface area contributed by atoms with Crippen LogP contribution in [0.25, 0.3) is 11.0 Å². The van der Waals surface area contributed by atoms with Gasteiger partial charge in [0.25, 0.3) is 0 Å². The average Bonchev–Trinajstić information content (AvgIpc) is 3.18. The van der Waals surface area contributed by atoms with Gasteiger partial charge < -0.3 is 14.5 Å². The summed E-state index contributed by atoms with van der Waals surface area (Å²) in [4.78, 5) is 27.9. The lowest BCUT2D eigenvalue weighted by Crippen LogP contribution is -2.35. The zero-order valence-electron chi connectivity index (χ0n) is 13.8. The number of hydrogen-bond acceptors (Lipinski definition) is 6. The van der Waals surface area contributed by atoms with Crippen molar-refractivity contribution in [3.63, 3.8) is 0 Å². The van der Waals surface area contributed by atoms with Gasteiger partial charge in [0.15, 0.2) is 0 Å². The van der Waals surface area contributed by atoms with Crippen LogP contribution in [0.3, 0.4) is 0 Å². The van der Waals surface area contributed by atoms with Crippen molar-refractivity contribution in [1.29, 1.82) is 0 Å². The minimum absolute atomic E-state index is 0.00823. The zero-order chi connectivity index (χ0) is 17.1. The highest BCUT2D eigenvalue weighted by molar-refractivity contribution is 5.89. The Morgan fingerprint density at radius 2 is 2.21 bits per heavy atom. The summed E-state index contributed by atoms with van der Waals surface area (Å²) in [5.41, 5.74) is 2.28. The molecule has 1 aromatic heterocycles. The van der Waals surface area contributed by atoms with Gasteiger partial charge in [-0.2, -0.15) is 0 Å². The number of benzene rings is 1. The van der Waals surface area contributed by atoms with Gasteiger partial charge in [0.05, 0.1) is 12.5 Å². The predicted octanol–water partition coefficient (Wildman–Crippen LogP) is 0.676. The summed E-state index contributed by atoms with van der Waals surface area (Å²) in [5, 5.41) is 7.56. The standard InChI is InChI=1S/C16H20N4O4/c1-19(9-11-3-4-13-14(7-11)18-24-17-13)16(22)12-8-15(21)20(10-12)5-6-23-2/h3-4,7,12H,5-6,8-10H2,1-2H3/t12-/m1/s1. The van der Waals surface area contributed by atoms with Crippen molar-refractivity contribution in [3.05, 3.63) is 23.8 Å². The monoisotopic (exact) mass is 332 g/mol. The maximum Gasteiger partial charge on any atom is 0.228 e. The van der Waals surface area contributed by atoms with Crippen molar-refractivity contribution >= 4 is 22.8 Å². The van der Waals surface area contributed by atoms with Crippen LogP contribution in [0.1, 0.15) is 12.0 Å². The first-order valence-corrected chi connectivity index (χ1v) is 7.81. The molecule has 0 N–H and O–H groups in total. The summed E-state index contributed by atoms with van der Waals surface area (Å²) in [5.74, 6) is -0.313. The highest BCUT2D eigenvalue weighted by atomic mass is 16.6. The lowest BCUT2D eigenvalue weighted by Gasteiger charge is -2.21. The van der Waals surface area contributed by atoms with Gasteiger partial charge in [0.1, 0.15) is 11.0 Å². The van der Waals surface area contributed by atoms with Crippen molar-refractivity contribution in [3.8, 4) is 0 Å². The van der Waals surface area contributed by atoms with Crippen LogP contribution >= 0.6 is 0 Å². The molecule has 2 aromatic rings. The average molecular weight is 332 g/mol. The van der Waals surface area contributed by atoms with Crippen LogP contribution in [0, 0.1) is 5.92 Å². The van der Waals surface area contributed by atoms with E-state index in [2.05, 4.69) is 14.9 Å². The Morgan fingerprint density at radius 3 is 3.00 bits per heavy atom. The Kier molecular flexibility index (Phi) is 4.75. The van der Waals surface area contributed by atoms with Gasteiger partial charge in [0, 0.05) is 40.2 Å². The highest BCUT2D eigenvalue weighted by Crippen LogP contribution is 2.21. The molecule has 0 saturated carbocycles. The molecule has 2 heterocycles. The molecule has 8 nitrogen and oxygen atoms in total. The fourth-order valence-corrected chi connectivity index (χ4v) is 2.94. The lowest BCUT2D eigenvalue weighted by molar-refractivity contribution is -0.135. The Bertz CT molecular complexity index is 745. The SMILES string of the molecule is COCCN1C[C@H](C(=O)N(C)Cc2ccc3nonc3c2)CC1=O. The quantitative estimate of drug-likeness (QED) is 0.773. The summed E-state index contributed by atoms with van der Waals surface area (Å²) in [6.45, 7) is 1.91. The number of methoxy groups -OCH3 is 1. The summed E-state index contributed by atoms with van der Waals surface area (Å²) in [6, 6.07) is 5.55. The van der Waals surface area contributed by atoms with E-state index in [0.717, 1.165) is 5.56 Å². The first-order valence-electron chi connectivity index (χ1n) is 7.81. The second kappa shape index (κ2) is 6.96. The van der Waals surface area contributed by atoms with Gasteiger partial charge in [-0.15, -0.1) is 0 Å². The van der Waals surface area contributed by atoms with E-state index in [-0.39, 0.29) is 24.2 Å². The van der Waals surface area contributed by atoms with E-state index in [1.54, 1.807) is 24.0 Å². The van der Waals surface area contributed by atoms with Crippen LogP contribution in [0.4, 0.5) is 0 Å². The van der Waals surface area contributed by atoms with Crippen LogP contribution in [-0.4, -0.2) is 65.8 Å². The van der Waals surface area contributed by atoms with Crippen LogP contribution in [0.15, 0.2) is 22.8 Å². The molecular weight excluding hydrogens is 312 g/mol. The molecule has 1 aliphatic rings. The highest BCUT2D eigenvalue weighted by Gasteiger charge is 2.35. The number of ether oxygens (including phenoxy) is 1. The molecule has 24 heavy (non-hydrogen) atoms. The Balaban J connectivity index is 1.61. The molecule has 1 atom stereocenters. The van der Waals surface area contributed by atoms with Crippen molar-refractivity contribution in [1.82, 2.24) is 20.1 Å². The molecule has 1 aliphatic heterocycles. The normalized spacial score (nSPS) is 17.7. The topological polar surface area (TPSA) is 88.8 Å². The van der Waals surface area contributed by atoms with Crippen LogP contribution in [-0.2, 0) is 20.9 Å². The molecule has 1 fully saturated rings. The fraction of sp³-hybridized carbons (Fsp3) is 0.500. The second-order valence-electron chi connectivity index (χ2n) is 6.02. The third kappa shape index (κ3) is 3.38. The zero-order valence-corrected chi connectivity index (χ0v) is 13.8. The third-order valence-electron chi connectivity index (χ3n) is 4.24. The Labute approximate surface area is 139 Å². The second-order valence-corrected chi connectivity index (χ2v) is 6.02. The van der Waals surface area contributed by atoms with Crippen LogP contribution < -0.4 is 0 Å². The smallest absolute Gasteiger partial charge is 0.228 e. The van der Waals surface area contributed by atoms with Crippen molar-refractivity contribution < 1.29 is 19.0 Å². The number of amides is 2. The molecular formula is C16H20N4O4. The van der Waals surface area contributed by atoms with Crippen LogP contribution in [0.5, 0.6) is 0 Å². The van der Waals surface area contributed by atoms with Gasteiger partial charge in [-0.3, -0.25) is 9.59 Å². The van der Waals surface area contributed by atoms with E-state index in [1.165, 1.54) is 0 Å². The summed E-state index contributed by atoms with van der Waals surface area (Å²) >= 11 is 0. The van der Waals surface area contributed by atoms with E-state index in [4.69, 9.17) is 4.74 Å². The number of hydrogen-bond donors (Lipinski definition) is 0. The van der Waals surface area contributed by atoms with E-state index in [9.17, 15) is 9.59 Å².